The van der Waals surface area contributed by atoms with Gasteiger partial charge < -0.3 is 14.7 Å². The van der Waals surface area contributed by atoms with Gasteiger partial charge >= 0.3 is 0 Å². The van der Waals surface area contributed by atoms with Crippen molar-refractivity contribution in [3.8, 4) is 0 Å². The molecule has 2 fully saturated rings. The van der Waals surface area contributed by atoms with Crippen molar-refractivity contribution in [2.24, 2.45) is 7.05 Å². The number of ether oxygens (including phenoxy) is 1. The molecule has 2 aliphatic rings. The number of rotatable bonds is 2. The first kappa shape index (κ1) is 16.5. The summed E-state index contributed by atoms with van der Waals surface area (Å²) >= 11 is 0. The van der Waals surface area contributed by atoms with Crippen LogP contribution in [0.5, 0.6) is 0 Å². The van der Waals surface area contributed by atoms with Crippen LogP contribution in [0.1, 0.15) is 42.6 Å². The molecule has 1 N–H and O–H groups in total. The molecule has 1 atom stereocenters. The lowest BCUT2D eigenvalue weighted by atomic mass is 9.82. The molecule has 0 aromatic carbocycles. The van der Waals surface area contributed by atoms with Gasteiger partial charge in [0.2, 0.25) is 5.91 Å². The minimum absolute atomic E-state index is 0.143. The Morgan fingerprint density at radius 2 is 2.09 bits per heavy atom. The van der Waals surface area contributed by atoms with Crippen molar-refractivity contribution >= 4 is 5.91 Å². The van der Waals surface area contributed by atoms with Crippen LogP contribution >= 0.6 is 0 Å². The fraction of sp³-hybridized carbons (Fsp3) is 0.765. The first-order valence-electron chi connectivity index (χ1n) is 8.52. The highest BCUT2D eigenvalue weighted by molar-refractivity contribution is 5.79. The van der Waals surface area contributed by atoms with E-state index in [9.17, 15) is 9.90 Å². The molecule has 128 valence electrons. The van der Waals surface area contributed by atoms with E-state index < -0.39 is 11.7 Å². The van der Waals surface area contributed by atoms with Crippen LogP contribution < -0.4 is 0 Å². The number of aryl methyl sites for hydroxylation is 2. The molecule has 3 rings (SSSR count). The van der Waals surface area contributed by atoms with E-state index in [0.717, 1.165) is 49.2 Å². The van der Waals surface area contributed by atoms with Crippen LogP contribution in [0.15, 0.2) is 0 Å². The summed E-state index contributed by atoms with van der Waals surface area (Å²) < 4.78 is 7.73. The van der Waals surface area contributed by atoms with Crippen LogP contribution in [0.2, 0.25) is 0 Å². The van der Waals surface area contributed by atoms with Crippen molar-refractivity contribution in [2.75, 3.05) is 19.7 Å². The zero-order chi connectivity index (χ0) is 16.6. The molecule has 23 heavy (non-hydrogen) atoms. The number of likely N-dealkylation sites (tertiary alicyclic amines) is 1. The third-order valence-corrected chi connectivity index (χ3v) is 5.57. The van der Waals surface area contributed by atoms with Gasteiger partial charge in [-0.25, -0.2) is 0 Å². The lowest BCUT2D eigenvalue weighted by molar-refractivity contribution is -0.179. The number of hydrogen-bond acceptors (Lipinski definition) is 4. The van der Waals surface area contributed by atoms with E-state index in [1.807, 2.05) is 30.5 Å². The molecule has 1 aromatic rings. The zero-order valence-electron chi connectivity index (χ0n) is 14.3. The maximum atomic E-state index is 12.6. The smallest absolute Gasteiger partial charge is 0.227 e. The largest absolute Gasteiger partial charge is 0.390 e. The van der Waals surface area contributed by atoms with E-state index in [0.29, 0.717) is 19.5 Å². The lowest BCUT2D eigenvalue weighted by Gasteiger charge is -2.46. The summed E-state index contributed by atoms with van der Waals surface area (Å²) in [6.45, 7) is 5.99. The van der Waals surface area contributed by atoms with Crippen molar-refractivity contribution in [3.63, 3.8) is 0 Å². The molecule has 1 aromatic heterocycles. The minimum atomic E-state index is -0.421. The molecule has 3 heterocycles. The van der Waals surface area contributed by atoms with Gasteiger partial charge in [0.25, 0.3) is 0 Å². The van der Waals surface area contributed by atoms with Crippen LogP contribution in [0, 0.1) is 13.8 Å². The number of carbonyl (C=O) groups excluding carboxylic acids is 1. The van der Waals surface area contributed by atoms with Crippen molar-refractivity contribution < 1.29 is 14.6 Å². The fourth-order valence-electron chi connectivity index (χ4n) is 3.86. The fourth-order valence-corrected chi connectivity index (χ4v) is 3.86. The normalized spacial score (nSPS) is 24.2. The SMILES string of the molecule is Cc1nn(C)c(C)c1CC(=O)N1CCC2(CC1)OCCC[C@H]2O. The molecule has 0 radical (unpaired) electrons. The third-order valence-electron chi connectivity index (χ3n) is 5.57. The lowest BCUT2D eigenvalue weighted by Crippen LogP contribution is -2.56. The Kier molecular flexibility index (Phi) is 4.47. The van der Waals surface area contributed by atoms with Gasteiger partial charge in [0.15, 0.2) is 0 Å². The quantitative estimate of drug-likeness (QED) is 0.886. The summed E-state index contributed by atoms with van der Waals surface area (Å²) in [6.07, 6.45) is 3.20. The van der Waals surface area contributed by atoms with Gasteiger partial charge in [-0.3, -0.25) is 9.48 Å². The third kappa shape index (κ3) is 3.02. The number of piperidine rings is 1. The molecule has 0 saturated carbocycles. The van der Waals surface area contributed by atoms with Gasteiger partial charge in [0.1, 0.15) is 0 Å². The van der Waals surface area contributed by atoms with E-state index in [1.54, 1.807) is 0 Å². The Labute approximate surface area is 137 Å². The highest BCUT2D eigenvalue weighted by Gasteiger charge is 2.44. The molecule has 0 unspecified atom stereocenters. The van der Waals surface area contributed by atoms with E-state index in [1.165, 1.54) is 0 Å². The van der Waals surface area contributed by atoms with Gasteiger partial charge in [-0.1, -0.05) is 0 Å². The van der Waals surface area contributed by atoms with Gasteiger partial charge in [-0.15, -0.1) is 0 Å². The topological polar surface area (TPSA) is 67.6 Å². The Hall–Kier alpha value is -1.40. The number of nitrogens with zero attached hydrogens (tertiary/aromatic N) is 3. The van der Waals surface area contributed by atoms with Gasteiger partial charge in [0, 0.05) is 38.0 Å². The van der Waals surface area contributed by atoms with Crippen LogP contribution in [0.25, 0.3) is 0 Å². The van der Waals surface area contributed by atoms with Crippen LogP contribution in [0.4, 0.5) is 0 Å². The summed E-state index contributed by atoms with van der Waals surface area (Å²) in [5.41, 5.74) is 2.59. The van der Waals surface area contributed by atoms with E-state index in [2.05, 4.69) is 5.10 Å². The van der Waals surface area contributed by atoms with E-state index in [-0.39, 0.29) is 5.91 Å². The van der Waals surface area contributed by atoms with Crippen LogP contribution in [-0.4, -0.2) is 57.1 Å². The van der Waals surface area contributed by atoms with E-state index in [4.69, 9.17) is 4.74 Å². The molecule has 0 aliphatic carbocycles. The molecule has 1 amide bonds. The molecule has 6 heteroatoms. The first-order chi connectivity index (χ1) is 10.9. The summed E-state index contributed by atoms with van der Waals surface area (Å²) in [5, 5.41) is 14.7. The van der Waals surface area contributed by atoms with Crippen molar-refractivity contribution in [1.29, 1.82) is 0 Å². The number of aromatic nitrogens is 2. The molecule has 1 spiro atoms. The second-order valence-corrected chi connectivity index (χ2v) is 6.90. The molecular formula is C17H27N3O3. The standard InChI is InChI=1S/C17H27N3O3/c1-12-14(13(2)19(3)18-12)11-16(22)20-8-6-17(7-9-20)15(21)5-4-10-23-17/h15,21H,4-11H2,1-3H3/t15-/m1/s1. The second kappa shape index (κ2) is 6.24. The molecule has 0 bridgehead atoms. The maximum Gasteiger partial charge on any atom is 0.227 e. The number of carbonyl (C=O) groups is 1. The Morgan fingerprint density at radius 3 is 2.65 bits per heavy atom. The minimum Gasteiger partial charge on any atom is -0.390 e. The summed E-state index contributed by atoms with van der Waals surface area (Å²) in [7, 11) is 1.91. The highest BCUT2D eigenvalue weighted by Crippen LogP contribution is 2.35. The Bertz CT molecular complexity index is 588. The summed E-state index contributed by atoms with van der Waals surface area (Å²) in [4.78, 5) is 14.5. The number of aliphatic hydroxyl groups excluding tert-OH is 1. The maximum absolute atomic E-state index is 12.6. The average Bonchev–Trinajstić information content (AvgIpc) is 2.77. The van der Waals surface area contributed by atoms with Gasteiger partial charge in [-0.05, 0) is 39.5 Å². The number of hydrogen-bond donors (Lipinski definition) is 1. The van der Waals surface area contributed by atoms with Crippen LogP contribution in [0.3, 0.4) is 0 Å². The molecule has 2 saturated heterocycles. The van der Waals surface area contributed by atoms with Gasteiger partial charge in [0.05, 0.1) is 23.8 Å². The Balaban J connectivity index is 1.62. The zero-order valence-corrected chi connectivity index (χ0v) is 14.3. The summed E-state index contributed by atoms with van der Waals surface area (Å²) in [5.74, 6) is 0.143. The van der Waals surface area contributed by atoms with Crippen molar-refractivity contribution in [2.45, 2.75) is 57.7 Å². The predicted molar refractivity (Wildman–Crippen MR) is 86.1 cm³/mol. The van der Waals surface area contributed by atoms with Crippen molar-refractivity contribution in [1.82, 2.24) is 14.7 Å². The molecule has 2 aliphatic heterocycles. The van der Waals surface area contributed by atoms with Gasteiger partial charge in [-0.2, -0.15) is 5.10 Å². The van der Waals surface area contributed by atoms with Crippen molar-refractivity contribution in [3.05, 3.63) is 17.0 Å². The average molecular weight is 321 g/mol. The Morgan fingerprint density at radius 1 is 1.39 bits per heavy atom. The van der Waals surface area contributed by atoms with Crippen LogP contribution in [-0.2, 0) is 23.0 Å². The molecule has 6 nitrogen and oxygen atoms in total. The first-order valence-corrected chi connectivity index (χ1v) is 8.52. The molecular weight excluding hydrogens is 294 g/mol. The van der Waals surface area contributed by atoms with E-state index >= 15 is 0 Å². The monoisotopic (exact) mass is 321 g/mol. The second-order valence-electron chi connectivity index (χ2n) is 6.90. The number of aliphatic hydroxyl groups is 1. The summed E-state index contributed by atoms with van der Waals surface area (Å²) in [6, 6.07) is 0. The highest BCUT2D eigenvalue weighted by atomic mass is 16.5. The predicted octanol–water partition coefficient (Wildman–Crippen LogP) is 1.11. The number of amides is 1.